The third-order valence-corrected chi connectivity index (χ3v) is 3.49. The van der Waals surface area contributed by atoms with Gasteiger partial charge in [-0.25, -0.2) is 18.8 Å². The van der Waals surface area contributed by atoms with Gasteiger partial charge in [-0.05, 0) is 31.2 Å². The van der Waals surface area contributed by atoms with Crippen LogP contribution in [0, 0.1) is 5.82 Å². The van der Waals surface area contributed by atoms with Crippen LogP contribution in [0.5, 0.6) is 0 Å². The summed E-state index contributed by atoms with van der Waals surface area (Å²) in [6.07, 6.45) is 1.59. The molecule has 1 saturated heterocycles. The molecule has 1 aromatic carbocycles. The lowest BCUT2D eigenvalue weighted by atomic mass is 10.3. The molecule has 0 aliphatic carbocycles. The number of halogens is 1. The Morgan fingerprint density at radius 3 is 2.48 bits per heavy atom. The highest BCUT2D eigenvalue weighted by Gasteiger charge is 2.43. The van der Waals surface area contributed by atoms with Gasteiger partial charge in [-0.3, -0.25) is 14.5 Å². The summed E-state index contributed by atoms with van der Waals surface area (Å²) in [5.41, 5.74) is 0.934. The van der Waals surface area contributed by atoms with Crippen LogP contribution < -0.4 is 0 Å². The van der Waals surface area contributed by atoms with Gasteiger partial charge in [-0.1, -0.05) is 6.07 Å². The van der Waals surface area contributed by atoms with E-state index in [0.717, 1.165) is 9.80 Å². The minimum Gasteiger partial charge on any atom is -0.263 e. The number of benzene rings is 1. The molecule has 0 unspecified atom stereocenters. The molecule has 2 heterocycles. The summed E-state index contributed by atoms with van der Waals surface area (Å²) in [6.45, 7) is 1.64. The lowest BCUT2D eigenvalue weighted by molar-refractivity contribution is -0.143. The van der Waals surface area contributed by atoms with Gasteiger partial charge in [0.15, 0.2) is 0 Å². The van der Waals surface area contributed by atoms with Crippen LogP contribution in [-0.2, 0) is 16.1 Å². The fraction of sp³-hybridized carbons (Fsp3) is 0.200. The quantitative estimate of drug-likeness (QED) is 0.630. The summed E-state index contributed by atoms with van der Waals surface area (Å²) in [5.74, 6) is -2.09. The molecule has 0 saturated carbocycles. The third kappa shape index (κ3) is 2.59. The van der Waals surface area contributed by atoms with Gasteiger partial charge in [0, 0.05) is 12.7 Å². The second kappa shape index (κ2) is 5.64. The molecule has 0 bridgehead atoms. The van der Waals surface area contributed by atoms with Crippen molar-refractivity contribution in [2.24, 2.45) is 0 Å². The summed E-state index contributed by atoms with van der Waals surface area (Å²) >= 11 is 0. The van der Waals surface area contributed by atoms with Crippen LogP contribution in [0.2, 0.25) is 0 Å². The Hall–Kier alpha value is -3.03. The molecule has 23 heavy (non-hydrogen) atoms. The van der Waals surface area contributed by atoms with Crippen molar-refractivity contribution in [2.75, 3.05) is 6.54 Å². The maximum Gasteiger partial charge on any atom is 0.334 e. The molecule has 4 amide bonds. The number of likely N-dealkylation sites (N-methyl/N-ethyl adjacent to an activating group) is 1. The predicted molar refractivity (Wildman–Crippen MR) is 76.9 cm³/mol. The Balaban J connectivity index is 1.81. The number of hydrogen-bond acceptors (Lipinski definition) is 4. The van der Waals surface area contributed by atoms with Gasteiger partial charge < -0.3 is 0 Å². The van der Waals surface area contributed by atoms with Crippen LogP contribution in [0.15, 0.2) is 36.5 Å². The highest BCUT2D eigenvalue weighted by Crippen LogP contribution is 2.16. The maximum absolute atomic E-state index is 13.2. The summed E-state index contributed by atoms with van der Waals surface area (Å²) in [6, 6.07) is 6.81. The number of carbonyl (C=O) groups excluding carboxylic acids is 3. The highest BCUT2D eigenvalue weighted by molar-refractivity contribution is 6.44. The molecule has 1 aliphatic heterocycles. The van der Waals surface area contributed by atoms with E-state index in [4.69, 9.17) is 0 Å². The Labute approximate surface area is 130 Å². The number of rotatable bonds is 4. The first-order chi connectivity index (χ1) is 11.0. The standard InChI is InChI=1S/C15H13FN4O3/c1-2-18-13(21)14(22)19(15(18)23)9-11-6-7-20(17-11)12-5-3-4-10(16)8-12/h3-8H,2,9H2,1H3. The second-order valence-electron chi connectivity index (χ2n) is 4.95. The minimum absolute atomic E-state index is 0.109. The fourth-order valence-electron chi connectivity index (χ4n) is 2.34. The van der Waals surface area contributed by atoms with E-state index >= 15 is 0 Å². The molecule has 1 aromatic heterocycles. The molecular formula is C15H13FN4O3. The van der Waals surface area contributed by atoms with Crippen LogP contribution in [0.25, 0.3) is 5.69 Å². The van der Waals surface area contributed by atoms with E-state index in [1.165, 1.54) is 16.8 Å². The number of imide groups is 2. The zero-order valence-corrected chi connectivity index (χ0v) is 12.3. The van der Waals surface area contributed by atoms with Gasteiger partial charge in [0.05, 0.1) is 17.9 Å². The zero-order chi connectivity index (χ0) is 16.6. The normalized spacial score (nSPS) is 15.0. The van der Waals surface area contributed by atoms with Crippen molar-refractivity contribution in [1.29, 1.82) is 0 Å². The van der Waals surface area contributed by atoms with Gasteiger partial charge >= 0.3 is 17.8 Å². The monoisotopic (exact) mass is 316 g/mol. The second-order valence-corrected chi connectivity index (χ2v) is 4.95. The smallest absolute Gasteiger partial charge is 0.263 e. The van der Waals surface area contributed by atoms with Crippen LogP contribution in [0.1, 0.15) is 12.6 Å². The number of aromatic nitrogens is 2. The van der Waals surface area contributed by atoms with Gasteiger partial charge in [0.1, 0.15) is 5.82 Å². The lowest BCUT2D eigenvalue weighted by Crippen LogP contribution is -2.33. The zero-order valence-electron chi connectivity index (χ0n) is 12.3. The van der Waals surface area contributed by atoms with Crippen molar-refractivity contribution < 1.29 is 18.8 Å². The summed E-state index contributed by atoms with van der Waals surface area (Å²) in [5, 5.41) is 4.20. The number of urea groups is 1. The van der Waals surface area contributed by atoms with Crippen molar-refractivity contribution in [1.82, 2.24) is 19.6 Å². The number of amides is 4. The minimum atomic E-state index is -0.864. The SMILES string of the molecule is CCN1C(=O)C(=O)N(Cc2ccn(-c3cccc(F)c3)n2)C1=O. The average molecular weight is 316 g/mol. The van der Waals surface area contributed by atoms with Crippen molar-refractivity contribution in [3.8, 4) is 5.69 Å². The van der Waals surface area contributed by atoms with Crippen LogP contribution in [0.4, 0.5) is 9.18 Å². The largest absolute Gasteiger partial charge is 0.334 e. The maximum atomic E-state index is 13.2. The Morgan fingerprint density at radius 1 is 1.09 bits per heavy atom. The Bertz CT molecular complexity index is 802. The fourth-order valence-corrected chi connectivity index (χ4v) is 2.34. The molecule has 118 valence electrons. The molecular weight excluding hydrogens is 303 g/mol. The number of carbonyl (C=O) groups is 3. The van der Waals surface area contributed by atoms with Crippen LogP contribution in [0.3, 0.4) is 0 Å². The topological polar surface area (TPSA) is 75.5 Å². The molecule has 0 atom stereocenters. The molecule has 2 aromatic rings. The van der Waals surface area contributed by atoms with E-state index in [9.17, 15) is 18.8 Å². The number of hydrogen-bond donors (Lipinski definition) is 0. The van der Waals surface area contributed by atoms with Crippen molar-refractivity contribution >= 4 is 17.8 Å². The summed E-state index contributed by atoms with van der Waals surface area (Å²) < 4.78 is 14.7. The first-order valence-corrected chi connectivity index (χ1v) is 6.99. The van der Waals surface area contributed by atoms with E-state index in [1.54, 1.807) is 31.3 Å². The predicted octanol–water partition coefficient (Wildman–Crippen LogP) is 1.32. The number of nitrogens with zero attached hydrogens (tertiary/aromatic N) is 4. The first-order valence-electron chi connectivity index (χ1n) is 6.99. The van der Waals surface area contributed by atoms with Crippen LogP contribution >= 0.6 is 0 Å². The van der Waals surface area contributed by atoms with Crippen molar-refractivity contribution in [3.05, 3.63) is 48.0 Å². The first kappa shape index (κ1) is 14.9. The molecule has 3 rings (SSSR count). The van der Waals surface area contributed by atoms with Gasteiger partial charge in [0.2, 0.25) is 0 Å². The average Bonchev–Trinajstić information content (AvgIpc) is 3.07. The Kier molecular flexibility index (Phi) is 3.65. The van der Waals surface area contributed by atoms with Gasteiger partial charge in [0.25, 0.3) is 0 Å². The van der Waals surface area contributed by atoms with Crippen molar-refractivity contribution in [2.45, 2.75) is 13.5 Å². The summed E-state index contributed by atoms with van der Waals surface area (Å²) in [7, 11) is 0. The van der Waals surface area contributed by atoms with E-state index in [0.29, 0.717) is 11.4 Å². The van der Waals surface area contributed by atoms with Gasteiger partial charge in [-0.15, -0.1) is 0 Å². The molecule has 0 N–H and O–H groups in total. The molecule has 1 fully saturated rings. The molecule has 0 radical (unpaired) electrons. The van der Waals surface area contributed by atoms with E-state index in [-0.39, 0.29) is 13.1 Å². The summed E-state index contributed by atoms with van der Waals surface area (Å²) in [4.78, 5) is 37.2. The van der Waals surface area contributed by atoms with Gasteiger partial charge in [-0.2, -0.15) is 5.10 Å². The molecule has 7 nitrogen and oxygen atoms in total. The van der Waals surface area contributed by atoms with E-state index in [1.807, 2.05) is 0 Å². The lowest BCUT2D eigenvalue weighted by Gasteiger charge is -2.12. The Morgan fingerprint density at radius 2 is 1.83 bits per heavy atom. The van der Waals surface area contributed by atoms with Crippen LogP contribution in [-0.4, -0.2) is 44.0 Å². The van der Waals surface area contributed by atoms with E-state index < -0.39 is 23.7 Å². The molecule has 1 aliphatic rings. The third-order valence-electron chi connectivity index (χ3n) is 3.49. The van der Waals surface area contributed by atoms with E-state index in [2.05, 4.69) is 5.10 Å². The molecule has 8 heteroatoms. The molecule has 0 spiro atoms. The highest BCUT2D eigenvalue weighted by atomic mass is 19.1. The van der Waals surface area contributed by atoms with Crippen molar-refractivity contribution in [3.63, 3.8) is 0 Å².